The van der Waals surface area contributed by atoms with E-state index < -0.39 is 0 Å². The van der Waals surface area contributed by atoms with Crippen molar-refractivity contribution >= 4 is 11.5 Å². The fourth-order valence-electron chi connectivity index (χ4n) is 1.96. The van der Waals surface area contributed by atoms with Gasteiger partial charge in [-0.25, -0.2) is 4.98 Å². The van der Waals surface area contributed by atoms with Crippen LogP contribution in [0, 0.1) is 0 Å². The predicted molar refractivity (Wildman–Crippen MR) is 64.2 cm³/mol. The Balaban J connectivity index is 2.45. The van der Waals surface area contributed by atoms with Crippen molar-refractivity contribution in [3.8, 4) is 5.88 Å². The smallest absolute Gasteiger partial charge is 0.242 e. The third-order valence-electron chi connectivity index (χ3n) is 2.76. The van der Waals surface area contributed by atoms with Gasteiger partial charge in [0.2, 0.25) is 5.88 Å². The standard InChI is InChI=1S/C11H18N4O/c1-8(2)15-6-4-5-12-9-10(15)13-7-14-11(9)16-3/h7-8,12H,4-6H2,1-3H3. The van der Waals surface area contributed by atoms with Gasteiger partial charge in [0.15, 0.2) is 5.82 Å². The molecule has 5 heteroatoms. The Morgan fingerprint density at radius 2 is 2.25 bits per heavy atom. The molecule has 1 aromatic heterocycles. The third-order valence-corrected chi connectivity index (χ3v) is 2.76. The van der Waals surface area contributed by atoms with Crippen molar-refractivity contribution in [2.75, 3.05) is 30.4 Å². The van der Waals surface area contributed by atoms with Gasteiger partial charge in [0.05, 0.1) is 7.11 Å². The lowest BCUT2D eigenvalue weighted by Gasteiger charge is -2.27. The van der Waals surface area contributed by atoms with Crippen molar-refractivity contribution in [2.45, 2.75) is 26.3 Å². The quantitative estimate of drug-likeness (QED) is 0.822. The van der Waals surface area contributed by atoms with Gasteiger partial charge in [-0.2, -0.15) is 4.98 Å². The third kappa shape index (κ3) is 1.89. The van der Waals surface area contributed by atoms with Crippen LogP contribution in [0.3, 0.4) is 0 Å². The first kappa shape index (κ1) is 11.0. The molecule has 0 fully saturated rings. The molecule has 5 nitrogen and oxygen atoms in total. The number of aromatic nitrogens is 2. The van der Waals surface area contributed by atoms with Gasteiger partial charge < -0.3 is 15.0 Å². The Morgan fingerprint density at radius 1 is 1.44 bits per heavy atom. The second kappa shape index (κ2) is 4.55. The van der Waals surface area contributed by atoms with Crippen LogP contribution in [0.2, 0.25) is 0 Å². The molecule has 88 valence electrons. The molecule has 1 aliphatic rings. The van der Waals surface area contributed by atoms with Crippen LogP contribution in [0.5, 0.6) is 5.88 Å². The largest absolute Gasteiger partial charge is 0.479 e. The summed E-state index contributed by atoms with van der Waals surface area (Å²) < 4.78 is 5.26. The van der Waals surface area contributed by atoms with Crippen molar-refractivity contribution in [3.63, 3.8) is 0 Å². The van der Waals surface area contributed by atoms with Crippen molar-refractivity contribution in [2.24, 2.45) is 0 Å². The molecule has 0 aromatic carbocycles. The molecular formula is C11H18N4O. The van der Waals surface area contributed by atoms with Crippen LogP contribution in [0.4, 0.5) is 11.5 Å². The second-order valence-corrected chi connectivity index (χ2v) is 4.15. The molecule has 2 rings (SSSR count). The normalized spacial score (nSPS) is 15.4. The second-order valence-electron chi connectivity index (χ2n) is 4.15. The Bertz CT molecular complexity index is 367. The molecule has 0 bridgehead atoms. The van der Waals surface area contributed by atoms with Crippen LogP contribution in [0.15, 0.2) is 6.33 Å². The summed E-state index contributed by atoms with van der Waals surface area (Å²) in [4.78, 5) is 10.8. The summed E-state index contributed by atoms with van der Waals surface area (Å²) in [6, 6.07) is 0.429. The fourth-order valence-corrected chi connectivity index (χ4v) is 1.96. The highest BCUT2D eigenvalue weighted by Crippen LogP contribution is 2.33. The lowest BCUT2D eigenvalue weighted by molar-refractivity contribution is 0.399. The zero-order valence-electron chi connectivity index (χ0n) is 10.0. The number of anilines is 2. The minimum atomic E-state index is 0.429. The van der Waals surface area contributed by atoms with E-state index in [1.54, 1.807) is 13.4 Å². The van der Waals surface area contributed by atoms with Crippen LogP contribution in [-0.4, -0.2) is 36.2 Å². The maximum absolute atomic E-state index is 5.26. The first-order valence-corrected chi connectivity index (χ1v) is 5.63. The van der Waals surface area contributed by atoms with E-state index in [0.717, 1.165) is 31.0 Å². The molecule has 1 N–H and O–H groups in total. The van der Waals surface area contributed by atoms with E-state index in [4.69, 9.17) is 4.74 Å². The summed E-state index contributed by atoms with van der Waals surface area (Å²) in [6.45, 7) is 6.28. The van der Waals surface area contributed by atoms with Gasteiger partial charge in [-0.1, -0.05) is 0 Å². The Kier molecular flexibility index (Phi) is 3.12. The number of nitrogens with zero attached hydrogens (tertiary/aromatic N) is 3. The zero-order valence-corrected chi connectivity index (χ0v) is 10.0. The molecular weight excluding hydrogens is 204 g/mol. The van der Waals surface area contributed by atoms with Gasteiger partial charge in [0.25, 0.3) is 0 Å². The number of fused-ring (bicyclic) bond motifs is 1. The van der Waals surface area contributed by atoms with E-state index in [0.29, 0.717) is 11.9 Å². The van der Waals surface area contributed by atoms with Crippen molar-refractivity contribution in [1.29, 1.82) is 0 Å². The molecule has 0 unspecified atom stereocenters. The van der Waals surface area contributed by atoms with Crippen LogP contribution in [0.25, 0.3) is 0 Å². The van der Waals surface area contributed by atoms with Crippen LogP contribution < -0.4 is 15.0 Å². The molecule has 0 saturated heterocycles. The Labute approximate surface area is 95.8 Å². The van der Waals surface area contributed by atoms with E-state index in [2.05, 4.69) is 34.0 Å². The summed E-state index contributed by atoms with van der Waals surface area (Å²) >= 11 is 0. The number of rotatable bonds is 2. The molecule has 0 aliphatic carbocycles. The van der Waals surface area contributed by atoms with Crippen molar-refractivity contribution in [3.05, 3.63) is 6.33 Å². The van der Waals surface area contributed by atoms with Gasteiger partial charge in [-0.15, -0.1) is 0 Å². The average Bonchev–Trinajstić information content (AvgIpc) is 2.50. The molecule has 0 saturated carbocycles. The first-order valence-electron chi connectivity index (χ1n) is 5.63. The van der Waals surface area contributed by atoms with Crippen LogP contribution >= 0.6 is 0 Å². The Morgan fingerprint density at radius 3 is 2.94 bits per heavy atom. The van der Waals surface area contributed by atoms with Crippen LogP contribution in [0.1, 0.15) is 20.3 Å². The van der Waals surface area contributed by atoms with E-state index in [1.807, 2.05) is 0 Å². The lowest BCUT2D eigenvalue weighted by Crippen LogP contribution is -2.32. The van der Waals surface area contributed by atoms with E-state index in [9.17, 15) is 0 Å². The zero-order chi connectivity index (χ0) is 11.5. The summed E-state index contributed by atoms with van der Waals surface area (Å²) in [5, 5.41) is 3.34. The molecule has 16 heavy (non-hydrogen) atoms. The van der Waals surface area contributed by atoms with Gasteiger partial charge in [0.1, 0.15) is 12.0 Å². The number of ether oxygens (including phenoxy) is 1. The Hall–Kier alpha value is -1.52. The number of hydrogen-bond acceptors (Lipinski definition) is 5. The minimum absolute atomic E-state index is 0.429. The van der Waals surface area contributed by atoms with E-state index in [1.165, 1.54) is 0 Å². The monoisotopic (exact) mass is 222 g/mol. The topological polar surface area (TPSA) is 50.3 Å². The van der Waals surface area contributed by atoms with Gasteiger partial charge >= 0.3 is 0 Å². The van der Waals surface area contributed by atoms with Crippen molar-refractivity contribution < 1.29 is 4.74 Å². The highest BCUT2D eigenvalue weighted by molar-refractivity contribution is 5.71. The summed E-state index contributed by atoms with van der Waals surface area (Å²) in [5.41, 5.74) is 0.913. The molecule has 0 radical (unpaired) electrons. The predicted octanol–water partition coefficient (Wildman–Crippen LogP) is 1.52. The number of hydrogen-bond donors (Lipinski definition) is 1. The molecule has 0 atom stereocenters. The molecule has 1 aliphatic heterocycles. The van der Waals surface area contributed by atoms with Gasteiger partial charge in [0, 0.05) is 19.1 Å². The summed E-state index contributed by atoms with van der Waals surface area (Å²) in [6.07, 6.45) is 2.65. The molecule has 2 heterocycles. The first-order chi connectivity index (χ1) is 7.74. The average molecular weight is 222 g/mol. The summed E-state index contributed by atoms with van der Waals surface area (Å²) in [5.74, 6) is 1.57. The van der Waals surface area contributed by atoms with Gasteiger partial charge in [-0.05, 0) is 20.3 Å². The number of methoxy groups -OCH3 is 1. The highest BCUT2D eigenvalue weighted by Gasteiger charge is 2.22. The minimum Gasteiger partial charge on any atom is -0.479 e. The van der Waals surface area contributed by atoms with Gasteiger partial charge in [-0.3, -0.25) is 0 Å². The maximum atomic E-state index is 5.26. The van der Waals surface area contributed by atoms with E-state index >= 15 is 0 Å². The highest BCUT2D eigenvalue weighted by atomic mass is 16.5. The van der Waals surface area contributed by atoms with Crippen LogP contribution in [-0.2, 0) is 0 Å². The lowest BCUT2D eigenvalue weighted by atomic mass is 10.3. The summed E-state index contributed by atoms with van der Waals surface area (Å²) in [7, 11) is 1.63. The SMILES string of the molecule is COc1ncnc2c1NCCCN2C(C)C. The van der Waals surface area contributed by atoms with Crippen molar-refractivity contribution in [1.82, 2.24) is 9.97 Å². The fraction of sp³-hybridized carbons (Fsp3) is 0.636. The molecule has 0 amide bonds. The number of nitrogens with one attached hydrogen (secondary N) is 1. The maximum Gasteiger partial charge on any atom is 0.242 e. The molecule has 1 aromatic rings. The van der Waals surface area contributed by atoms with E-state index in [-0.39, 0.29) is 0 Å². The molecule has 0 spiro atoms.